The third-order valence-corrected chi connectivity index (χ3v) is 2.47. The van der Waals surface area contributed by atoms with Crippen LogP contribution in [0.1, 0.15) is 24.4 Å². The van der Waals surface area contributed by atoms with Gasteiger partial charge in [-0.1, -0.05) is 0 Å². The highest BCUT2D eigenvalue weighted by atomic mass is 16.4. The summed E-state index contributed by atoms with van der Waals surface area (Å²) in [6.45, 7) is 2.09. The van der Waals surface area contributed by atoms with Crippen molar-refractivity contribution in [3.63, 3.8) is 0 Å². The third-order valence-electron chi connectivity index (χ3n) is 2.47. The molecule has 0 unspecified atom stereocenters. The van der Waals surface area contributed by atoms with Crippen molar-refractivity contribution in [2.24, 2.45) is 0 Å². The summed E-state index contributed by atoms with van der Waals surface area (Å²) in [5.41, 5.74) is 0. The molecule has 0 aliphatic heterocycles. The first kappa shape index (κ1) is 13.3. The highest BCUT2D eigenvalue weighted by Gasteiger charge is 2.11. The predicted molar refractivity (Wildman–Crippen MR) is 61.7 cm³/mol. The minimum atomic E-state index is -0.897. The monoisotopic (exact) mass is 239 g/mol. The van der Waals surface area contributed by atoms with E-state index in [9.17, 15) is 9.59 Å². The molecule has 0 saturated heterocycles. The Hall–Kier alpha value is -1.78. The zero-order valence-electron chi connectivity index (χ0n) is 10.1. The molecule has 1 aromatic heterocycles. The van der Waals surface area contributed by atoms with Crippen LogP contribution in [0.3, 0.4) is 0 Å². The molecule has 5 nitrogen and oxygen atoms in total. The fourth-order valence-electron chi connectivity index (χ4n) is 1.43. The molecule has 0 saturated carbocycles. The number of rotatable bonds is 6. The molecule has 0 atom stereocenters. The molecule has 1 rings (SSSR count). The van der Waals surface area contributed by atoms with E-state index < -0.39 is 5.97 Å². The SMILES string of the molecule is Cc1ccc(CCC(=O)N(C)CCC(=O)O)o1. The van der Waals surface area contributed by atoms with Crippen LogP contribution in [0, 0.1) is 6.92 Å². The Balaban J connectivity index is 2.31. The molecular weight excluding hydrogens is 222 g/mol. The van der Waals surface area contributed by atoms with Gasteiger partial charge in [0, 0.05) is 26.4 Å². The standard InChI is InChI=1S/C12H17NO4/c1-9-3-4-10(17-9)5-6-11(14)13(2)8-7-12(15)16/h3-4H,5-8H2,1-2H3,(H,15,16). The minimum Gasteiger partial charge on any atom is -0.481 e. The fourth-order valence-corrected chi connectivity index (χ4v) is 1.43. The summed E-state index contributed by atoms with van der Waals surface area (Å²) >= 11 is 0. The van der Waals surface area contributed by atoms with E-state index in [-0.39, 0.29) is 18.9 Å². The summed E-state index contributed by atoms with van der Waals surface area (Å²) in [6.07, 6.45) is 0.856. The Morgan fingerprint density at radius 1 is 1.35 bits per heavy atom. The van der Waals surface area contributed by atoms with E-state index in [4.69, 9.17) is 9.52 Å². The number of hydrogen-bond acceptors (Lipinski definition) is 3. The van der Waals surface area contributed by atoms with Crippen LogP contribution in [0.15, 0.2) is 16.5 Å². The highest BCUT2D eigenvalue weighted by Crippen LogP contribution is 2.09. The van der Waals surface area contributed by atoms with Crippen molar-refractivity contribution < 1.29 is 19.1 Å². The maximum absolute atomic E-state index is 11.6. The predicted octanol–water partition coefficient (Wildman–Crippen LogP) is 1.45. The molecule has 1 aromatic rings. The van der Waals surface area contributed by atoms with Crippen molar-refractivity contribution in [3.8, 4) is 0 Å². The Bertz CT molecular complexity index is 397. The average Bonchev–Trinajstić information content (AvgIpc) is 2.68. The molecule has 1 heterocycles. The lowest BCUT2D eigenvalue weighted by Crippen LogP contribution is -2.29. The van der Waals surface area contributed by atoms with Crippen LogP contribution in [0.4, 0.5) is 0 Å². The number of hydrogen-bond donors (Lipinski definition) is 1. The van der Waals surface area contributed by atoms with Crippen LogP contribution in [-0.2, 0) is 16.0 Å². The van der Waals surface area contributed by atoms with Gasteiger partial charge < -0.3 is 14.4 Å². The first-order chi connectivity index (χ1) is 7.99. The normalized spacial score (nSPS) is 10.2. The number of carboxylic acids is 1. The molecular formula is C12H17NO4. The van der Waals surface area contributed by atoms with Gasteiger partial charge in [-0.15, -0.1) is 0 Å². The Labute approximate surface area is 100 Å². The number of amides is 1. The largest absolute Gasteiger partial charge is 0.481 e. The topological polar surface area (TPSA) is 70.8 Å². The molecule has 0 bridgehead atoms. The molecule has 0 aromatic carbocycles. The third kappa shape index (κ3) is 4.72. The van der Waals surface area contributed by atoms with Crippen LogP contribution in [0.2, 0.25) is 0 Å². The first-order valence-electron chi connectivity index (χ1n) is 5.50. The summed E-state index contributed by atoms with van der Waals surface area (Å²) in [5.74, 6) is 0.640. The molecule has 5 heteroatoms. The zero-order valence-corrected chi connectivity index (χ0v) is 10.1. The van der Waals surface area contributed by atoms with Crippen LogP contribution in [0.25, 0.3) is 0 Å². The number of carbonyl (C=O) groups excluding carboxylic acids is 1. The molecule has 0 spiro atoms. The van der Waals surface area contributed by atoms with Gasteiger partial charge in [-0.2, -0.15) is 0 Å². The molecule has 0 radical (unpaired) electrons. The summed E-state index contributed by atoms with van der Waals surface area (Å²) < 4.78 is 5.35. The van der Waals surface area contributed by atoms with Gasteiger partial charge in [-0.25, -0.2) is 0 Å². The summed E-state index contributed by atoms with van der Waals surface area (Å²) in [7, 11) is 1.61. The quantitative estimate of drug-likeness (QED) is 0.815. The van der Waals surface area contributed by atoms with E-state index in [0.717, 1.165) is 11.5 Å². The lowest BCUT2D eigenvalue weighted by atomic mass is 10.2. The molecule has 0 aliphatic carbocycles. The van der Waals surface area contributed by atoms with Crippen LogP contribution < -0.4 is 0 Å². The second-order valence-corrected chi connectivity index (χ2v) is 3.97. The minimum absolute atomic E-state index is 0.0257. The lowest BCUT2D eigenvalue weighted by Gasteiger charge is -2.15. The van der Waals surface area contributed by atoms with E-state index in [2.05, 4.69) is 0 Å². The van der Waals surface area contributed by atoms with Gasteiger partial charge in [0.25, 0.3) is 0 Å². The van der Waals surface area contributed by atoms with Gasteiger partial charge >= 0.3 is 5.97 Å². The maximum Gasteiger partial charge on any atom is 0.305 e. The summed E-state index contributed by atoms with van der Waals surface area (Å²) in [6, 6.07) is 3.70. The number of carboxylic acid groups (broad SMARTS) is 1. The molecule has 1 amide bonds. The van der Waals surface area contributed by atoms with Crippen LogP contribution in [-0.4, -0.2) is 35.5 Å². The summed E-state index contributed by atoms with van der Waals surface area (Å²) in [4.78, 5) is 23.4. The molecule has 1 N–H and O–H groups in total. The van der Waals surface area contributed by atoms with Gasteiger partial charge in [0.05, 0.1) is 6.42 Å². The fraction of sp³-hybridized carbons (Fsp3) is 0.500. The number of aliphatic carboxylic acids is 1. The number of nitrogens with zero attached hydrogens (tertiary/aromatic N) is 1. The smallest absolute Gasteiger partial charge is 0.305 e. The first-order valence-corrected chi connectivity index (χ1v) is 5.50. The summed E-state index contributed by atoms with van der Waals surface area (Å²) in [5, 5.41) is 8.50. The van der Waals surface area contributed by atoms with Crippen molar-refractivity contribution in [2.75, 3.05) is 13.6 Å². The van der Waals surface area contributed by atoms with E-state index in [1.165, 1.54) is 4.90 Å². The highest BCUT2D eigenvalue weighted by molar-refractivity contribution is 5.76. The van der Waals surface area contributed by atoms with Gasteiger partial charge in [0.1, 0.15) is 11.5 Å². The van der Waals surface area contributed by atoms with Crippen molar-refractivity contribution in [2.45, 2.75) is 26.2 Å². The van der Waals surface area contributed by atoms with E-state index in [1.54, 1.807) is 7.05 Å². The van der Waals surface area contributed by atoms with Crippen LogP contribution >= 0.6 is 0 Å². The van der Waals surface area contributed by atoms with Crippen molar-refractivity contribution in [1.82, 2.24) is 4.90 Å². The number of aryl methyl sites for hydroxylation is 2. The van der Waals surface area contributed by atoms with E-state index >= 15 is 0 Å². The molecule has 94 valence electrons. The van der Waals surface area contributed by atoms with Gasteiger partial charge in [0.15, 0.2) is 0 Å². The Morgan fingerprint density at radius 2 is 2.06 bits per heavy atom. The second kappa shape index (κ2) is 6.08. The van der Waals surface area contributed by atoms with E-state index in [0.29, 0.717) is 12.8 Å². The Morgan fingerprint density at radius 3 is 2.59 bits per heavy atom. The Kier molecular flexibility index (Phi) is 4.75. The van der Waals surface area contributed by atoms with Crippen molar-refractivity contribution in [1.29, 1.82) is 0 Å². The van der Waals surface area contributed by atoms with Gasteiger partial charge in [-0.05, 0) is 19.1 Å². The number of furan rings is 1. The van der Waals surface area contributed by atoms with Gasteiger partial charge in [-0.3, -0.25) is 9.59 Å². The number of carbonyl (C=O) groups is 2. The lowest BCUT2D eigenvalue weighted by molar-refractivity contribution is -0.138. The molecule has 0 fully saturated rings. The average molecular weight is 239 g/mol. The van der Waals surface area contributed by atoms with Crippen molar-refractivity contribution >= 4 is 11.9 Å². The van der Waals surface area contributed by atoms with E-state index in [1.807, 2.05) is 19.1 Å². The van der Waals surface area contributed by atoms with Crippen LogP contribution in [0.5, 0.6) is 0 Å². The maximum atomic E-state index is 11.6. The second-order valence-electron chi connectivity index (χ2n) is 3.97. The molecule has 0 aliphatic rings. The van der Waals surface area contributed by atoms with Crippen molar-refractivity contribution in [3.05, 3.63) is 23.7 Å². The molecule has 17 heavy (non-hydrogen) atoms. The van der Waals surface area contributed by atoms with Gasteiger partial charge in [0.2, 0.25) is 5.91 Å². The zero-order chi connectivity index (χ0) is 12.8.